The highest BCUT2D eigenvalue weighted by atomic mass is 28.4. The van der Waals surface area contributed by atoms with Gasteiger partial charge in [0.25, 0.3) is 0 Å². The smallest absolute Gasteiger partial charge is 0.186 e. The Labute approximate surface area is 136 Å². The first-order chi connectivity index (χ1) is 9.98. The van der Waals surface area contributed by atoms with Crippen molar-refractivity contribution in [1.29, 1.82) is 0 Å². The largest absolute Gasteiger partial charge is 0.420 e. The number of hydrogen-bond acceptors (Lipinski definition) is 1. The van der Waals surface area contributed by atoms with Crippen LogP contribution in [0, 0.1) is 5.92 Å². The SMILES string of the molecule is CO[Si](C)(C)CCCCCCCCCCCCCC(C)C. The van der Waals surface area contributed by atoms with Gasteiger partial charge in [0.2, 0.25) is 0 Å². The minimum absolute atomic E-state index is 0.891. The van der Waals surface area contributed by atoms with Crippen LogP contribution in [0.1, 0.15) is 90.9 Å². The van der Waals surface area contributed by atoms with E-state index in [1.54, 1.807) is 0 Å². The van der Waals surface area contributed by atoms with E-state index in [1.165, 1.54) is 83.1 Å². The molecular weight excluding hydrogens is 272 g/mol. The van der Waals surface area contributed by atoms with Crippen LogP contribution in [0.25, 0.3) is 0 Å². The van der Waals surface area contributed by atoms with Crippen LogP contribution in [0.3, 0.4) is 0 Å². The lowest BCUT2D eigenvalue weighted by Gasteiger charge is -2.19. The van der Waals surface area contributed by atoms with Gasteiger partial charge < -0.3 is 4.43 Å². The summed E-state index contributed by atoms with van der Waals surface area (Å²) < 4.78 is 5.59. The molecule has 0 N–H and O–H groups in total. The topological polar surface area (TPSA) is 9.23 Å². The first-order valence-electron chi connectivity index (χ1n) is 9.53. The Morgan fingerprint density at radius 1 is 0.667 bits per heavy atom. The third kappa shape index (κ3) is 16.4. The van der Waals surface area contributed by atoms with Crippen molar-refractivity contribution in [2.75, 3.05) is 7.11 Å². The van der Waals surface area contributed by atoms with E-state index in [0.29, 0.717) is 0 Å². The molecule has 0 heterocycles. The van der Waals surface area contributed by atoms with Gasteiger partial charge in [-0.15, -0.1) is 0 Å². The first-order valence-corrected chi connectivity index (χ1v) is 12.6. The van der Waals surface area contributed by atoms with Crippen LogP contribution in [-0.2, 0) is 4.43 Å². The molecule has 1 nitrogen and oxygen atoms in total. The van der Waals surface area contributed by atoms with E-state index in [4.69, 9.17) is 4.43 Å². The summed E-state index contributed by atoms with van der Waals surface area (Å²) >= 11 is 0. The van der Waals surface area contributed by atoms with Crippen molar-refractivity contribution in [3.05, 3.63) is 0 Å². The molecule has 128 valence electrons. The van der Waals surface area contributed by atoms with Gasteiger partial charge in [0.15, 0.2) is 8.32 Å². The maximum absolute atomic E-state index is 5.59. The van der Waals surface area contributed by atoms with Crippen LogP contribution >= 0.6 is 0 Å². The van der Waals surface area contributed by atoms with E-state index in [-0.39, 0.29) is 0 Å². The molecule has 0 spiro atoms. The van der Waals surface area contributed by atoms with Gasteiger partial charge in [-0.1, -0.05) is 90.9 Å². The van der Waals surface area contributed by atoms with Gasteiger partial charge in [0.05, 0.1) is 0 Å². The molecule has 0 aliphatic heterocycles. The molecule has 0 unspecified atom stereocenters. The highest BCUT2D eigenvalue weighted by Gasteiger charge is 2.18. The van der Waals surface area contributed by atoms with Gasteiger partial charge in [-0.05, 0) is 25.1 Å². The molecule has 0 fully saturated rings. The summed E-state index contributed by atoms with van der Waals surface area (Å²) in [6.07, 6.45) is 17.3. The third-order valence-electron chi connectivity index (χ3n) is 4.61. The molecule has 0 aromatic rings. The molecule has 21 heavy (non-hydrogen) atoms. The van der Waals surface area contributed by atoms with Crippen LogP contribution in [0.15, 0.2) is 0 Å². The fraction of sp³-hybridized carbons (Fsp3) is 1.00. The van der Waals surface area contributed by atoms with Gasteiger partial charge in [-0.3, -0.25) is 0 Å². The van der Waals surface area contributed by atoms with Crippen LogP contribution < -0.4 is 0 Å². The molecule has 0 bridgehead atoms. The minimum atomic E-state index is -1.28. The van der Waals surface area contributed by atoms with Crippen molar-refractivity contribution in [3.63, 3.8) is 0 Å². The zero-order valence-corrected chi connectivity index (χ0v) is 16.7. The average Bonchev–Trinajstić information content (AvgIpc) is 2.43. The van der Waals surface area contributed by atoms with Gasteiger partial charge in [-0.2, -0.15) is 0 Å². The lowest BCUT2D eigenvalue weighted by Crippen LogP contribution is -2.27. The summed E-state index contributed by atoms with van der Waals surface area (Å²) in [6.45, 7) is 9.32. The maximum atomic E-state index is 5.59. The summed E-state index contributed by atoms with van der Waals surface area (Å²) in [4.78, 5) is 0. The Bertz CT molecular complexity index is 214. The second-order valence-electron chi connectivity index (χ2n) is 7.79. The summed E-state index contributed by atoms with van der Waals surface area (Å²) in [5.74, 6) is 0.891. The number of hydrogen-bond donors (Lipinski definition) is 0. The van der Waals surface area contributed by atoms with E-state index >= 15 is 0 Å². The van der Waals surface area contributed by atoms with E-state index in [1.807, 2.05) is 7.11 Å². The van der Waals surface area contributed by atoms with Crippen LogP contribution in [0.4, 0.5) is 0 Å². The molecule has 0 saturated carbocycles. The van der Waals surface area contributed by atoms with Crippen molar-refractivity contribution < 1.29 is 4.43 Å². The first kappa shape index (κ1) is 21.2. The molecule has 0 aromatic heterocycles. The average molecular weight is 315 g/mol. The lowest BCUT2D eigenvalue weighted by molar-refractivity contribution is 0.400. The molecule has 0 atom stereocenters. The Balaban J connectivity index is 3.09. The Kier molecular flexibility index (Phi) is 13.9. The minimum Gasteiger partial charge on any atom is -0.420 e. The normalized spacial score (nSPS) is 12.3. The van der Waals surface area contributed by atoms with Crippen molar-refractivity contribution in [2.45, 2.75) is 110 Å². The molecule has 0 amide bonds. The fourth-order valence-electron chi connectivity index (χ4n) is 2.80. The summed E-state index contributed by atoms with van der Waals surface area (Å²) in [6, 6.07) is 1.33. The van der Waals surface area contributed by atoms with Crippen LogP contribution in [0.2, 0.25) is 19.1 Å². The quantitative estimate of drug-likeness (QED) is 0.230. The second-order valence-corrected chi connectivity index (χ2v) is 12.2. The number of unbranched alkanes of at least 4 members (excludes halogenated alkanes) is 10. The molecule has 0 rings (SSSR count). The molecule has 0 saturated heterocycles. The lowest BCUT2D eigenvalue weighted by atomic mass is 10.0. The molecule has 0 aromatic carbocycles. The van der Waals surface area contributed by atoms with Crippen molar-refractivity contribution in [3.8, 4) is 0 Å². The zero-order valence-electron chi connectivity index (χ0n) is 15.7. The summed E-state index contributed by atoms with van der Waals surface area (Å²) in [7, 11) is 0.602. The number of rotatable bonds is 15. The predicted molar refractivity (Wildman–Crippen MR) is 99.5 cm³/mol. The zero-order chi connectivity index (χ0) is 16.0. The van der Waals surface area contributed by atoms with Gasteiger partial charge in [0.1, 0.15) is 0 Å². The Hall–Kier alpha value is 0.177. The van der Waals surface area contributed by atoms with Crippen molar-refractivity contribution >= 4 is 8.32 Å². The Morgan fingerprint density at radius 3 is 1.43 bits per heavy atom. The predicted octanol–water partition coefficient (Wildman–Crippen LogP) is 7.18. The van der Waals surface area contributed by atoms with Crippen LogP contribution in [-0.4, -0.2) is 15.4 Å². The van der Waals surface area contributed by atoms with Crippen LogP contribution in [0.5, 0.6) is 0 Å². The fourth-order valence-corrected chi connectivity index (χ4v) is 4.10. The summed E-state index contributed by atoms with van der Waals surface area (Å²) in [5.41, 5.74) is 0. The van der Waals surface area contributed by atoms with Crippen molar-refractivity contribution in [1.82, 2.24) is 0 Å². The Morgan fingerprint density at radius 2 is 1.05 bits per heavy atom. The van der Waals surface area contributed by atoms with Gasteiger partial charge >= 0.3 is 0 Å². The van der Waals surface area contributed by atoms with Crippen molar-refractivity contribution in [2.24, 2.45) is 5.92 Å². The highest BCUT2D eigenvalue weighted by molar-refractivity contribution is 6.71. The standard InChI is InChI=1S/C19H42OSi/c1-19(2)17-15-13-11-9-7-6-8-10-12-14-16-18-21(4,5)20-3/h19H,6-18H2,1-5H3. The maximum Gasteiger partial charge on any atom is 0.186 e. The molecule has 0 aliphatic rings. The van der Waals surface area contributed by atoms with E-state index in [0.717, 1.165) is 5.92 Å². The molecule has 2 heteroatoms. The molecule has 0 aliphatic carbocycles. The van der Waals surface area contributed by atoms with E-state index in [2.05, 4.69) is 26.9 Å². The van der Waals surface area contributed by atoms with Gasteiger partial charge in [0, 0.05) is 7.11 Å². The molecule has 0 radical (unpaired) electrons. The van der Waals surface area contributed by atoms with Gasteiger partial charge in [-0.25, -0.2) is 0 Å². The second kappa shape index (κ2) is 13.8. The molecular formula is C19H42OSi. The monoisotopic (exact) mass is 314 g/mol. The highest BCUT2D eigenvalue weighted by Crippen LogP contribution is 2.17. The summed E-state index contributed by atoms with van der Waals surface area (Å²) in [5, 5.41) is 0. The van der Waals surface area contributed by atoms with E-state index < -0.39 is 8.32 Å². The third-order valence-corrected chi connectivity index (χ3v) is 7.28. The van der Waals surface area contributed by atoms with E-state index in [9.17, 15) is 0 Å².